The number of aryl methyl sites for hydroxylation is 1. The molecule has 4 heteroatoms. The number of ether oxygens (including phenoxy) is 1. The maximum atomic E-state index is 11.5. The molecule has 2 aliphatic rings. The fourth-order valence-electron chi connectivity index (χ4n) is 4.40. The van der Waals surface area contributed by atoms with Gasteiger partial charge in [-0.05, 0) is 36.7 Å². The summed E-state index contributed by atoms with van der Waals surface area (Å²) < 4.78 is 5.28. The van der Waals surface area contributed by atoms with Crippen LogP contribution in [0.4, 0.5) is 0 Å². The van der Waals surface area contributed by atoms with E-state index in [-0.39, 0.29) is 35.9 Å². The van der Waals surface area contributed by atoms with Crippen molar-refractivity contribution in [1.29, 1.82) is 0 Å². The highest BCUT2D eigenvalue weighted by atomic mass is 16.6. The van der Waals surface area contributed by atoms with Crippen LogP contribution in [-0.2, 0) is 16.0 Å². The van der Waals surface area contributed by atoms with Crippen molar-refractivity contribution in [3.8, 4) is 0 Å². The molecule has 6 unspecified atom stereocenters. The molecule has 0 spiro atoms. The van der Waals surface area contributed by atoms with E-state index >= 15 is 0 Å². The van der Waals surface area contributed by atoms with E-state index in [1.54, 1.807) is 0 Å². The quantitative estimate of drug-likeness (QED) is 0.790. The molecule has 4 nitrogen and oxygen atoms in total. The van der Waals surface area contributed by atoms with Gasteiger partial charge in [0.1, 0.15) is 6.10 Å². The summed E-state index contributed by atoms with van der Waals surface area (Å²) in [7, 11) is 0. The van der Waals surface area contributed by atoms with Crippen LogP contribution < -0.4 is 0 Å². The van der Waals surface area contributed by atoms with Gasteiger partial charge in [0.05, 0.1) is 18.6 Å². The summed E-state index contributed by atoms with van der Waals surface area (Å²) in [6, 6.07) is 10.2. The molecule has 0 radical (unpaired) electrons. The van der Waals surface area contributed by atoms with E-state index in [2.05, 4.69) is 19.1 Å². The Hall–Kier alpha value is -1.39. The molecular formula is C19H26O4. The van der Waals surface area contributed by atoms with E-state index in [0.29, 0.717) is 19.3 Å². The van der Waals surface area contributed by atoms with Gasteiger partial charge < -0.3 is 14.9 Å². The minimum Gasteiger partial charge on any atom is -0.462 e. The molecule has 1 aromatic carbocycles. The number of benzene rings is 1. The zero-order chi connectivity index (χ0) is 16.4. The Morgan fingerprint density at radius 2 is 2.04 bits per heavy atom. The van der Waals surface area contributed by atoms with Gasteiger partial charge in [0, 0.05) is 12.3 Å². The highest BCUT2D eigenvalue weighted by molar-refractivity contribution is 5.72. The molecule has 0 aromatic heterocycles. The van der Waals surface area contributed by atoms with Crippen LogP contribution in [0.3, 0.4) is 0 Å². The van der Waals surface area contributed by atoms with E-state index in [4.69, 9.17) is 4.74 Å². The average Bonchev–Trinajstić information content (AvgIpc) is 3.00. The second-order valence-corrected chi connectivity index (χ2v) is 7.17. The molecular weight excluding hydrogens is 292 g/mol. The second-order valence-electron chi connectivity index (χ2n) is 7.17. The van der Waals surface area contributed by atoms with Gasteiger partial charge in [-0.15, -0.1) is 0 Å². The summed E-state index contributed by atoms with van der Waals surface area (Å²) in [6.07, 6.45) is 2.28. The Bertz CT molecular complexity index is 529. The number of hydrogen-bond donors (Lipinski definition) is 2. The van der Waals surface area contributed by atoms with Crippen LogP contribution in [0.15, 0.2) is 30.3 Å². The molecule has 23 heavy (non-hydrogen) atoms. The van der Waals surface area contributed by atoms with Crippen molar-refractivity contribution >= 4 is 5.97 Å². The topological polar surface area (TPSA) is 66.8 Å². The van der Waals surface area contributed by atoms with Crippen LogP contribution in [0.2, 0.25) is 0 Å². The van der Waals surface area contributed by atoms with E-state index in [1.165, 1.54) is 5.56 Å². The Morgan fingerprint density at radius 1 is 1.30 bits per heavy atom. The van der Waals surface area contributed by atoms with Crippen LogP contribution in [0.5, 0.6) is 0 Å². The van der Waals surface area contributed by atoms with Gasteiger partial charge >= 0.3 is 5.97 Å². The molecule has 0 bridgehead atoms. The first-order valence-corrected chi connectivity index (χ1v) is 8.64. The number of carbonyl (C=O) groups is 1. The Balaban J connectivity index is 1.51. The minimum atomic E-state index is -0.422. The molecule has 0 amide bonds. The van der Waals surface area contributed by atoms with E-state index in [1.807, 2.05) is 18.2 Å². The average molecular weight is 318 g/mol. The van der Waals surface area contributed by atoms with Gasteiger partial charge in [-0.2, -0.15) is 0 Å². The first-order valence-electron chi connectivity index (χ1n) is 8.64. The first-order chi connectivity index (χ1) is 11.0. The zero-order valence-electron chi connectivity index (χ0n) is 13.6. The molecule has 1 aliphatic heterocycles. The fourth-order valence-corrected chi connectivity index (χ4v) is 4.40. The van der Waals surface area contributed by atoms with Gasteiger partial charge in [0.25, 0.3) is 0 Å². The molecule has 2 fully saturated rings. The van der Waals surface area contributed by atoms with Gasteiger partial charge in [0.2, 0.25) is 0 Å². The highest BCUT2D eigenvalue weighted by Gasteiger charge is 2.51. The number of hydrogen-bond acceptors (Lipinski definition) is 4. The monoisotopic (exact) mass is 318 g/mol. The number of esters is 1. The maximum Gasteiger partial charge on any atom is 0.306 e. The van der Waals surface area contributed by atoms with Crippen molar-refractivity contribution in [2.24, 2.45) is 17.8 Å². The summed E-state index contributed by atoms with van der Waals surface area (Å²) >= 11 is 0. The third-order valence-electron chi connectivity index (χ3n) is 5.49. The zero-order valence-corrected chi connectivity index (χ0v) is 13.6. The van der Waals surface area contributed by atoms with Crippen molar-refractivity contribution in [3.63, 3.8) is 0 Å². The lowest BCUT2D eigenvalue weighted by Gasteiger charge is -2.28. The Kier molecular flexibility index (Phi) is 5.02. The minimum absolute atomic E-state index is 0.0535. The van der Waals surface area contributed by atoms with E-state index < -0.39 is 6.10 Å². The second kappa shape index (κ2) is 7.02. The molecule has 1 saturated carbocycles. The SMILES string of the molecule is CC(CC(O)CCc1ccccc1)C1C(O)CC2OC(=O)CC21. The van der Waals surface area contributed by atoms with E-state index in [0.717, 1.165) is 12.8 Å². The number of aliphatic hydroxyl groups excluding tert-OH is 2. The molecule has 1 aliphatic carbocycles. The smallest absolute Gasteiger partial charge is 0.306 e. The van der Waals surface area contributed by atoms with Crippen molar-refractivity contribution in [2.45, 2.75) is 57.3 Å². The van der Waals surface area contributed by atoms with Gasteiger partial charge in [0.15, 0.2) is 0 Å². The molecule has 1 aromatic rings. The molecule has 2 N–H and O–H groups in total. The molecule has 126 valence electrons. The van der Waals surface area contributed by atoms with Crippen molar-refractivity contribution < 1.29 is 19.7 Å². The number of rotatable bonds is 6. The van der Waals surface area contributed by atoms with E-state index in [9.17, 15) is 15.0 Å². The first kappa shape index (κ1) is 16.5. The molecule has 1 heterocycles. The lowest BCUT2D eigenvalue weighted by Crippen LogP contribution is -2.29. The number of carbonyl (C=O) groups excluding carboxylic acids is 1. The Labute approximate surface area is 137 Å². The van der Waals surface area contributed by atoms with Gasteiger partial charge in [-0.3, -0.25) is 4.79 Å². The van der Waals surface area contributed by atoms with Crippen molar-refractivity contribution in [2.75, 3.05) is 0 Å². The van der Waals surface area contributed by atoms with Gasteiger partial charge in [-0.25, -0.2) is 0 Å². The fraction of sp³-hybridized carbons (Fsp3) is 0.632. The summed E-state index contributed by atoms with van der Waals surface area (Å²) in [6.45, 7) is 2.07. The highest BCUT2D eigenvalue weighted by Crippen LogP contribution is 2.45. The normalized spacial score (nSPS) is 32.4. The Morgan fingerprint density at radius 3 is 2.78 bits per heavy atom. The summed E-state index contributed by atoms with van der Waals surface area (Å²) in [5.74, 6) is 0.209. The van der Waals surface area contributed by atoms with Crippen LogP contribution in [0.1, 0.15) is 38.2 Å². The van der Waals surface area contributed by atoms with Crippen LogP contribution in [-0.4, -0.2) is 34.5 Å². The molecule has 6 atom stereocenters. The van der Waals surface area contributed by atoms with Crippen LogP contribution >= 0.6 is 0 Å². The summed E-state index contributed by atoms with van der Waals surface area (Å²) in [5, 5.41) is 20.6. The molecule has 1 saturated heterocycles. The third kappa shape index (κ3) is 3.75. The van der Waals surface area contributed by atoms with Gasteiger partial charge in [-0.1, -0.05) is 37.3 Å². The van der Waals surface area contributed by atoms with Crippen molar-refractivity contribution in [3.05, 3.63) is 35.9 Å². The largest absolute Gasteiger partial charge is 0.462 e. The maximum absolute atomic E-state index is 11.5. The molecule has 3 rings (SSSR count). The third-order valence-corrected chi connectivity index (χ3v) is 5.49. The van der Waals surface area contributed by atoms with Crippen molar-refractivity contribution in [1.82, 2.24) is 0 Å². The van der Waals surface area contributed by atoms with Crippen LogP contribution in [0.25, 0.3) is 0 Å². The predicted molar refractivity (Wildman–Crippen MR) is 86.7 cm³/mol. The van der Waals surface area contributed by atoms with Crippen LogP contribution in [0, 0.1) is 17.8 Å². The number of aliphatic hydroxyl groups is 2. The predicted octanol–water partition coefficient (Wildman–Crippen LogP) is 2.32. The number of fused-ring (bicyclic) bond motifs is 1. The standard InChI is InChI=1S/C19H26O4/c1-12(9-14(20)8-7-13-5-3-2-4-6-13)19-15-10-18(22)23-17(15)11-16(19)21/h2-6,12,14-17,19-21H,7-11H2,1H3. The lowest BCUT2D eigenvalue weighted by atomic mass is 9.79. The lowest BCUT2D eigenvalue weighted by molar-refractivity contribution is -0.141. The summed E-state index contributed by atoms with van der Waals surface area (Å²) in [5.41, 5.74) is 1.23. The summed E-state index contributed by atoms with van der Waals surface area (Å²) in [4.78, 5) is 11.5.